The van der Waals surface area contributed by atoms with Crippen LogP contribution in [0.2, 0.25) is 5.02 Å². The van der Waals surface area contributed by atoms with Crippen LogP contribution >= 0.6 is 11.6 Å². The van der Waals surface area contributed by atoms with Crippen LogP contribution in [-0.2, 0) is 9.59 Å². The lowest BCUT2D eigenvalue weighted by molar-refractivity contribution is -0.131. The van der Waals surface area contributed by atoms with Gasteiger partial charge in [-0.05, 0) is 24.6 Å². The van der Waals surface area contributed by atoms with Gasteiger partial charge in [0.05, 0.1) is 10.7 Å². The molecule has 0 aromatic heterocycles. The minimum Gasteiger partial charge on any atom is -0.367 e. The van der Waals surface area contributed by atoms with Crippen molar-refractivity contribution in [1.29, 1.82) is 0 Å². The van der Waals surface area contributed by atoms with Gasteiger partial charge < -0.3 is 15.1 Å². The summed E-state index contributed by atoms with van der Waals surface area (Å²) in [6.07, 6.45) is 1.87. The van der Waals surface area contributed by atoms with Gasteiger partial charge in [-0.15, -0.1) is 0 Å². The molecule has 2 rings (SSSR count). The molecule has 6 heteroatoms. The van der Waals surface area contributed by atoms with Gasteiger partial charge in [-0.1, -0.05) is 25.4 Å². The van der Waals surface area contributed by atoms with Crippen LogP contribution in [0.1, 0.15) is 33.1 Å². The van der Waals surface area contributed by atoms with Crippen LogP contribution in [0, 0.1) is 0 Å². The summed E-state index contributed by atoms with van der Waals surface area (Å²) in [6.45, 7) is 6.84. The molecule has 1 aliphatic rings. The molecule has 1 fully saturated rings. The number of rotatable bonds is 5. The Labute approximate surface area is 142 Å². The molecule has 0 unspecified atom stereocenters. The second-order valence-corrected chi connectivity index (χ2v) is 6.09. The third-order valence-corrected chi connectivity index (χ3v) is 4.29. The van der Waals surface area contributed by atoms with Crippen LogP contribution in [0.25, 0.3) is 0 Å². The number of amides is 2. The first-order valence-corrected chi connectivity index (χ1v) is 8.55. The molecule has 1 N–H and O–H groups in total. The SMILES string of the molecule is CCCC(=O)Nc1ccc(N2CCN(C(=O)CC)CC2)c(Cl)c1. The van der Waals surface area contributed by atoms with Gasteiger partial charge in [-0.25, -0.2) is 0 Å². The highest BCUT2D eigenvalue weighted by Gasteiger charge is 2.21. The summed E-state index contributed by atoms with van der Waals surface area (Å²) in [7, 11) is 0. The fourth-order valence-electron chi connectivity index (χ4n) is 2.71. The van der Waals surface area contributed by atoms with Crippen LogP contribution in [-0.4, -0.2) is 42.9 Å². The minimum atomic E-state index is 0.00279. The standard InChI is InChI=1S/C17H24ClN3O2/c1-3-5-16(22)19-13-6-7-15(14(18)12-13)20-8-10-21(11-9-20)17(23)4-2/h6-7,12H,3-5,8-11H2,1-2H3,(H,19,22). The summed E-state index contributed by atoms with van der Waals surface area (Å²) in [5.74, 6) is 0.202. The highest BCUT2D eigenvalue weighted by molar-refractivity contribution is 6.33. The average molecular weight is 338 g/mol. The van der Waals surface area contributed by atoms with Gasteiger partial charge >= 0.3 is 0 Å². The van der Waals surface area contributed by atoms with E-state index in [1.54, 1.807) is 6.07 Å². The Balaban J connectivity index is 1.99. The van der Waals surface area contributed by atoms with Crippen LogP contribution < -0.4 is 10.2 Å². The Morgan fingerprint density at radius 3 is 2.43 bits per heavy atom. The van der Waals surface area contributed by atoms with Crippen LogP contribution in [0.3, 0.4) is 0 Å². The molecular formula is C17H24ClN3O2. The number of hydrogen-bond donors (Lipinski definition) is 1. The van der Waals surface area contributed by atoms with E-state index in [1.807, 2.05) is 30.9 Å². The molecule has 0 saturated carbocycles. The number of carbonyl (C=O) groups is 2. The van der Waals surface area contributed by atoms with Gasteiger partial charge in [0.15, 0.2) is 0 Å². The number of nitrogens with one attached hydrogen (secondary N) is 1. The summed E-state index contributed by atoms with van der Waals surface area (Å²) < 4.78 is 0. The van der Waals surface area contributed by atoms with Crippen LogP contribution in [0.4, 0.5) is 11.4 Å². The van der Waals surface area contributed by atoms with E-state index < -0.39 is 0 Å². The van der Waals surface area contributed by atoms with Crippen molar-refractivity contribution in [3.63, 3.8) is 0 Å². The summed E-state index contributed by atoms with van der Waals surface area (Å²) >= 11 is 6.38. The van der Waals surface area contributed by atoms with Crippen LogP contribution in [0.5, 0.6) is 0 Å². The predicted octanol–water partition coefficient (Wildman–Crippen LogP) is 3.14. The van der Waals surface area contributed by atoms with Gasteiger partial charge in [0.1, 0.15) is 0 Å². The fraction of sp³-hybridized carbons (Fsp3) is 0.529. The number of halogens is 1. The van der Waals surface area contributed by atoms with E-state index >= 15 is 0 Å². The van der Waals surface area contributed by atoms with Crippen molar-refractivity contribution in [3.8, 4) is 0 Å². The lowest BCUT2D eigenvalue weighted by atomic mass is 10.2. The van der Waals surface area contributed by atoms with E-state index in [0.29, 0.717) is 17.9 Å². The molecule has 0 radical (unpaired) electrons. The second-order valence-electron chi connectivity index (χ2n) is 5.69. The zero-order valence-corrected chi connectivity index (χ0v) is 14.5. The molecule has 23 heavy (non-hydrogen) atoms. The number of piperazine rings is 1. The largest absolute Gasteiger partial charge is 0.367 e. The first kappa shape index (κ1) is 17.6. The van der Waals surface area contributed by atoms with Crippen molar-refractivity contribution in [3.05, 3.63) is 23.2 Å². The van der Waals surface area contributed by atoms with Gasteiger partial charge in [0.25, 0.3) is 0 Å². The van der Waals surface area contributed by atoms with E-state index in [0.717, 1.165) is 44.0 Å². The second kappa shape index (κ2) is 8.20. The van der Waals surface area contributed by atoms with E-state index in [2.05, 4.69) is 10.2 Å². The molecule has 1 aliphatic heterocycles. The van der Waals surface area contributed by atoms with E-state index in [9.17, 15) is 9.59 Å². The maximum absolute atomic E-state index is 11.7. The molecule has 1 aromatic rings. The smallest absolute Gasteiger partial charge is 0.224 e. The van der Waals surface area contributed by atoms with Gasteiger partial charge in [-0.3, -0.25) is 9.59 Å². The third-order valence-electron chi connectivity index (χ3n) is 3.98. The summed E-state index contributed by atoms with van der Waals surface area (Å²) in [5, 5.41) is 3.47. The maximum atomic E-state index is 11.7. The van der Waals surface area contributed by atoms with Crippen molar-refractivity contribution in [2.45, 2.75) is 33.1 Å². The number of hydrogen-bond acceptors (Lipinski definition) is 3. The van der Waals surface area contributed by atoms with Gasteiger partial charge in [0.2, 0.25) is 11.8 Å². The monoisotopic (exact) mass is 337 g/mol. The molecule has 1 heterocycles. The fourth-order valence-corrected chi connectivity index (χ4v) is 3.01. The van der Waals surface area contributed by atoms with E-state index in [-0.39, 0.29) is 11.8 Å². The molecule has 0 spiro atoms. The minimum absolute atomic E-state index is 0.00279. The predicted molar refractivity (Wildman–Crippen MR) is 94.1 cm³/mol. The quantitative estimate of drug-likeness (QED) is 0.898. The summed E-state index contributed by atoms with van der Waals surface area (Å²) in [5.41, 5.74) is 1.67. The lowest BCUT2D eigenvalue weighted by Crippen LogP contribution is -2.48. The number of nitrogens with zero attached hydrogens (tertiary/aromatic N) is 2. The average Bonchev–Trinajstić information content (AvgIpc) is 2.54. The number of carbonyl (C=O) groups excluding carboxylic acids is 2. The Hall–Kier alpha value is -1.75. The summed E-state index contributed by atoms with van der Waals surface area (Å²) in [4.78, 5) is 27.4. The molecule has 126 valence electrons. The van der Waals surface area contributed by atoms with Crippen molar-refractivity contribution < 1.29 is 9.59 Å². The Bertz CT molecular complexity index is 569. The van der Waals surface area contributed by atoms with Crippen molar-refractivity contribution in [2.75, 3.05) is 36.4 Å². The first-order chi connectivity index (χ1) is 11.0. The number of benzene rings is 1. The van der Waals surface area contributed by atoms with Crippen LogP contribution in [0.15, 0.2) is 18.2 Å². The lowest BCUT2D eigenvalue weighted by Gasteiger charge is -2.36. The number of anilines is 2. The molecule has 0 bridgehead atoms. The molecule has 2 amide bonds. The molecule has 0 atom stereocenters. The topological polar surface area (TPSA) is 52.7 Å². The molecular weight excluding hydrogens is 314 g/mol. The van der Waals surface area contributed by atoms with Crippen molar-refractivity contribution >= 4 is 34.8 Å². The Kier molecular flexibility index (Phi) is 6.28. The molecule has 1 saturated heterocycles. The Morgan fingerprint density at radius 1 is 1.17 bits per heavy atom. The third kappa shape index (κ3) is 4.61. The Morgan fingerprint density at radius 2 is 1.87 bits per heavy atom. The molecule has 0 aliphatic carbocycles. The van der Waals surface area contributed by atoms with Gasteiger partial charge in [-0.2, -0.15) is 0 Å². The molecule has 1 aromatic carbocycles. The first-order valence-electron chi connectivity index (χ1n) is 8.17. The normalized spacial score (nSPS) is 14.7. The van der Waals surface area contributed by atoms with E-state index in [4.69, 9.17) is 11.6 Å². The van der Waals surface area contributed by atoms with Crippen molar-refractivity contribution in [1.82, 2.24) is 4.90 Å². The highest BCUT2D eigenvalue weighted by atomic mass is 35.5. The van der Waals surface area contributed by atoms with Crippen molar-refractivity contribution in [2.24, 2.45) is 0 Å². The maximum Gasteiger partial charge on any atom is 0.224 e. The van der Waals surface area contributed by atoms with E-state index in [1.165, 1.54) is 0 Å². The highest BCUT2D eigenvalue weighted by Crippen LogP contribution is 2.29. The molecule has 5 nitrogen and oxygen atoms in total. The zero-order chi connectivity index (χ0) is 16.8. The summed E-state index contributed by atoms with van der Waals surface area (Å²) in [6, 6.07) is 5.59. The zero-order valence-electron chi connectivity index (χ0n) is 13.8. The van der Waals surface area contributed by atoms with Gasteiger partial charge in [0, 0.05) is 44.7 Å².